The molecule has 0 radical (unpaired) electrons. The van der Waals surface area contributed by atoms with Gasteiger partial charge in [-0.1, -0.05) is 41.4 Å². The number of fused-ring (bicyclic) bond motifs is 1. The molecule has 21 heavy (non-hydrogen) atoms. The molecule has 0 aliphatic heterocycles. The first-order valence-corrected chi connectivity index (χ1v) is 7.05. The molecule has 108 valence electrons. The van der Waals surface area contributed by atoms with Crippen molar-refractivity contribution in [2.45, 2.75) is 6.10 Å². The summed E-state index contributed by atoms with van der Waals surface area (Å²) >= 11 is 12.0. The standard InChI is InChI=1S/C16H12Cl2O3/c1-20-13-4-2-3-9-7-14(21-16(9)13)15(19)11-6-5-10(17)8-12(11)18/h2-8,15,19H,1H3. The zero-order valence-corrected chi connectivity index (χ0v) is 12.7. The van der Waals surface area contributed by atoms with E-state index in [-0.39, 0.29) is 0 Å². The van der Waals surface area contributed by atoms with Crippen LogP contribution in [0.2, 0.25) is 10.0 Å². The van der Waals surface area contributed by atoms with Crippen LogP contribution < -0.4 is 4.74 Å². The summed E-state index contributed by atoms with van der Waals surface area (Å²) in [6.07, 6.45) is -0.966. The highest BCUT2D eigenvalue weighted by Gasteiger charge is 2.19. The molecule has 1 N–H and O–H groups in total. The minimum absolute atomic E-state index is 0.391. The number of halogens is 2. The smallest absolute Gasteiger partial charge is 0.176 e. The second-order valence-corrected chi connectivity index (χ2v) is 5.44. The normalized spacial score (nSPS) is 12.6. The van der Waals surface area contributed by atoms with Crippen molar-refractivity contribution in [2.24, 2.45) is 0 Å². The largest absolute Gasteiger partial charge is 0.493 e. The van der Waals surface area contributed by atoms with Gasteiger partial charge in [0, 0.05) is 21.0 Å². The zero-order chi connectivity index (χ0) is 15.0. The molecule has 5 heteroatoms. The minimum Gasteiger partial charge on any atom is -0.493 e. The third-order valence-electron chi connectivity index (χ3n) is 3.27. The maximum Gasteiger partial charge on any atom is 0.176 e. The highest BCUT2D eigenvalue weighted by atomic mass is 35.5. The van der Waals surface area contributed by atoms with Crippen molar-refractivity contribution < 1.29 is 14.3 Å². The number of para-hydroxylation sites is 1. The maximum absolute atomic E-state index is 10.5. The van der Waals surface area contributed by atoms with Crippen LogP contribution in [0.5, 0.6) is 5.75 Å². The van der Waals surface area contributed by atoms with E-state index in [0.29, 0.717) is 32.7 Å². The van der Waals surface area contributed by atoms with Crippen molar-refractivity contribution in [2.75, 3.05) is 7.11 Å². The Hall–Kier alpha value is -1.68. The Morgan fingerprint density at radius 1 is 1.14 bits per heavy atom. The lowest BCUT2D eigenvalue weighted by molar-refractivity contribution is 0.192. The van der Waals surface area contributed by atoms with Gasteiger partial charge in [0.15, 0.2) is 11.3 Å². The summed E-state index contributed by atoms with van der Waals surface area (Å²) < 4.78 is 11.0. The summed E-state index contributed by atoms with van der Waals surface area (Å²) in [5.41, 5.74) is 1.14. The highest BCUT2D eigenvalue weighted by molar-refractivity contribution is 6.35. The average Bonchev–Trinajstić information content (AvgIpc) is 2.90. The molecule has 0 saturated carbocycles. The van der Waals surface area contributed by atoms with Crippen LogP contribution in [-0.4, -0.2) is 12.2 Å². The molecule has 1 unspecified atom stereocenters. The van der Waals surface area contributed by atoms with Crippen LogP contribution in [0.15, 0.2) is 46.9 Å². The fourth-order valence-corrected chi connectivity index (χ4v) is 2.74. The van der Waals surface area contributed by atoms with E-state index in [1.807, 2.05) is 12.1 Å². The fourth-order valence-electron chi connectivity index (χ4n) is 2.23. The molecule has 0 aliphatic carbocycles. The van der Waals surface area contributed by atoms with Crippen LogP contribution in [0, 0.1) is 0 Å². The first-order valence-electron chi connectivity index (χ1n) is 6.29. The van der Waals surface area contributed by atoms with Crippen LogP contribution in [0.3, 0.4) is 0 Å². The van der Waals surface area contributed by atoms with Gasteiger partial charge in [0.1, 0.15) is 11.9 Å². The molecule has 0 aliphatic rings. The zero-order valence-electron chi connectivity index (χ0n) is 11.1. The SMILES string of the molecule is COc1cccc2cc(C(O)c3ccc(Cl)cc3Cl)oc12. The Balaban J connectivity index is 2.07. The second-order valence-electron chi connectivity index (χ2n) is 4.60. The van der Waals surface area contributed by atoms with Crippen molar-refractivity contribution in [1.82, 2.24) is 0 Å². The van der Waals surface area contributed by atoms with Crippen LogP contribution in [0.25, 0.3) is 11.0 Å². The molecule has 3 nitrogen and oxygen atoms in total. The molecular formula is C16H12Cl2O3. The monoisotopic (exact) mass is 322 g/mol. The van der Waals surface area contributed by atoms with Crippen LogP contribution in [0.1, 0.15) is 17.4 Å². The molecule has 0 spiro atoms. The number of hydrogen-bond acceptors (Lipinski definition) is 3. The lowest BCUT2D eigenvalue weighted by atomic mass is 10.1. The number of benzene rings is 2. The van der Waals surface area contributed by atoms with Gasteiger partial charge < -0.3 is 14.3 Å². The van der Waals surface area contributed by atoms with Gasteiger partial charge >= 0.3 is 0 Å². The third-order valence-corrected chi connectivity index (χ3v) is 3.84. The van der Waals surface area contributed by atoms with E-state index in [1.54, 1.807) is 37.4 Å². The maximum atomic E-state index is 10.5. The Labute approximate surface area is 131 Å². The Morgan fingerprint density at radius 2 is 1.95 bits per heavy atom. The molecule has 2 aromatic carbocycles. The van der Waals surface area contributed by atoms with E-state index in [1.165, 1.54) is 0 Å². The van der Waals surface area contributed by atoms with Crippen LogP contribution >= 0.6 is 23.2 Å². The number of ether oxygens (including phenoxy) is 1. The number of furan rings is 1. The molecule has 1 aromatic heterocycles. The Bertz CT molecular complexity index is 795. The Kier molecular flexibility index (Phi) is 3.81. The van der Waals surface area contributed by atoms with Crippen molar-refractivity contribution in [1.29, 1.82) is 0 Å². The van der Waals surface area contributed by atoms with E-state index in [2.05, 4.69) is 0 Å². The second kappa shape index (κ2) is 5.60. The molecule has 1 heterocycles. The first-order chi connectivity index (χ1) is 10.1. The van der Waals surface area contributed by atoms with Gasteiger partial charge in [-0.05, 0) is 24.3 Å². The lowest BCUT2D eigenvalue weighted by Gasteiger charge is -2.10. The van der Waals surface area contributed by atoms with Gasteiger partial charge in [-0.15, -0.1) is 0 Å². The molecular weight excluding hydrogens is 311 g/mol. The molecule has 1 atom stereocenters. The quantitative estimate of drug-likeness (QED) is 0.751. The summed E-state index contributed by atoms with van der Waals surface area (Å²) in [5, 5.41) is 12.2. The summed E-state index contributed by atoms with van der Waals surface area (Å²) in [4.78, 5) is 0. The van der Waals surface area contributed by atoms with Gasteiger partial charge in [-0.25, -0.2) is 0 Å². The van der Waals surface area contributed by atoms with Crippen LogP contribution in [0.4, 0.5) is 0 Å². The minimum atomic E-state index is -0.966. The van der Waals surface area contributed by atoms with Crippen molar-refractivity contribution >= 4 is 34.2 Å². The van der Waals surface area contributed by atoms with Gasteiger partial charge in [0.05, 0.1) is 7.11 Å². The number of aliphatic hydroxyl groups excluding tert-OH is 1. The highest BCUT2D eigenvalue weighted by Crippen LogP contribution is 2.35. The Morgan fingerprint density at radius 3 is 2.67 bits per heavy atom. The molecule has 0 bridgehead atoms. The van der Waals surface area contributed by atoms with Gasteiger partial charge in [0.25, 0.3) is 0 Å². The molecule has 3 rings (SSSR count). The first kappa shape index (κ1) is 14.3. The number of methoxy groups -OCH3 is 1. The van der Waals surface area contributed by atoms with E-state index >= 15 is 0 Å². The lowest BCUT2D eigenvalue weighted by Crippen LogP contribution is -1.98. The van der Waals surface area contributed by atoms with E-state index < -0.39 is 6.10 Å². The van der Waals surface area contributed by atoms with E-state index in [0.717, 1.165) is 5.39 Å². The predicted octanol–water partition coefficient (Wildman–Crippen LogP) is 4.83. The average molecular weight is 323 g/mol. The predicted molar refractivity (Wildman–Crippen MR) is 83.3 cm³/mol. The third kappa shape index (κ3) is 2.60. The van der Waals surface area contributed by atoms with Crippen LogP contribution in [-0.2, 0) is 0 Å². The van der Waals surface area contributed by atoms with Crippen molar-refractivity contribution in [3.05, 3.63) is 63.8 Å². The van der Waals surface area contributed by atoms with Gasteiger partial charge in [0.2, 0.25) is 0 Å². The molecule has 0 saturated heterocycles. The van der Waals surface area contributed by atoms with E-state index in [9.17, 15) is 5.11 Å². The molecule has 0 amide bonds. The van der Waals surface area contributed by atoms with Crippen molar-refractivity contribution in [3.63, 3.8) is 0 Å². The number of hydrogen-bond donors (Lipinski definition) is 1. The van der Waals surface area contributed by atoms with Gasteiger partial charge in [-0.3, -0.25) is 0 Å². The topological polar surface area (TPSA) is 42.6 Å². The van der Waals surface area contributed by atoms with Crippen molar-refractivity contribution in [3.8, 4) is 5.75 Å². The summed E-state index contributed by atoms with van der Waals surface area (Å²) in [6.45, 7) is 0. The summed E-state index contributed by atoms with van der Waals surface area (Å²) in [7, 11) is 1.57. The van der Waals surface area contributed by atoms with E-state index in [4.69, 9.17) is 32.4 Å². The summed E-state index contributed by atoms with van der Waals surface area (Å²) in [5.74, 6) is 1.02. The molecule has 3 aromatic rings. The van der Waals surface area contributed by atoms with Gasteiger partial charge in [-0.2, -0.15) is 0 Å². The molecule has 0 fully saturated rings. The summed E-state index contributed by atoms with van der Waals surface area (Å²) in [6, 6.07) is 12.3. The fraction of sp³-hybridized carbons (Fsp3) is 0.125. The number of rotatable bonds is 3. The number of aliphatic hydroxyl groups is 1.